The highest BCUT2D eigenvalue weighted by Gasteiger charge is 2.50. The number of hydrogen-bond acceptors (Lipinski definition) is 5. The Morgan fingerprint density at radius 3 is 2.92 bits per heavy atom. The van der Waals surface area contributed by atoms with Crippen molar-refractivity contribution >= 4 is 36.0 Å². The second-order valence-electron chi connectivity index (χ2n) is 6.20. The average molecular weight is 368 g/mol. The number of carbonyl (C=O) groups excluding carboxylic acids is 2. The maximum absolute atomic E-state index is 11.9. The summed E-state index contributed by atoms with van der Waals surface area (Å²) in [7, 11) is 0. The first-order valence-corrected chi connectivity index (χ1v) is 8.75. The van der Waals surface area contributed by atoms with Crippen LogP contribution in [0.5, 0.6) is 0 Å². The molecule has 0 radical (unpaired) electrons. The van der Waals surface area contributed by atoms with Crippen molar-refractivity contribution < 1.29 is 19.3 Å². The molecule has 0 spiro atoms. The number of nitrogens with zero attached hydrogens (tertiary/aromatic N) is 2. The van der Waals surface area contributed by atoms with Crippen molar-refractivity contribution in [1.82, 2.24) is 4.90 Å². The number of carboxylic acid groups (broad SMARTS) is 1. The Balaban J connectivity index is 0.00000169. The topological polar surface area (TPSA) is 90.3 Å². The summed E-state index contributed by atoms with van der Waals surface area (Å²) in [5.74, 6) is -1.08. The average Bonchev–Trinajstić information content (AvgIpc) is 3.01. The van der Waals surface area contributed by atoms with E-state index in [2.05, 4.69) is 12.3 Å². The van der Waals surface area contributed by atoms with E-state index < -0.39 is 12.0 Å². The van der Waals surface area contributed by atoms with E-state index in [1.54, 1.807) is 0 Å². The van der Waals surface area contributed by atoms with Crippen molar-refractivity contribution in [3.8, 4) is 0 Å². The largest absolute Gasteiger partial charge is 0.543 e. The fraction of sp³-hybridized carbons (Fsp3) is 0.438. The molecule has 8 heteroatoms. The van der Waals surface area contributed by atoms with Crippen LogP contribution in [0.1, 0.15) is 17.5 Å². The Kier molecular flexibility index (Phi) is 4.59. The number of aromatic nitrogens is 1. The lowest BCUT2D eigenvalue weighted by atomic mass is 10.0. The third-order valence-corrected chi connectivity index (χ3v) is 6.11. The molecule has 6 nitrogen and oxygen atoms in total. The molecule has 3 aliphatic rings. The van der Waals surface area contributed by atoms with E-state index in [0.29, 0.717) is 17.9 Å². The van der Waals surface area contributed by atoms with E-state index in [-0.39, 0.29) is 29.4 Å². The van der Waals surface area contributed by atoms with E-state index >= 15 is 0 Å². The first-order valence-electron chi connectivity index (χ1n) is 7.71. The molecule has 1 saturated heterocycles. The van der Waals surface area contributed by atoms with Crippen LogP contribution in [0.15, 0.2) is 29.7 Å². The fourth-order valence-electron chi connectivity index (χ4n) is 3.57. The quantitative estimate of drug-likeness (QED) is 0.554. The Bertz CT molecular complexity index is 752. The van der Waals surface area contributed by atoms with Gasteiger partial charge in [0.2, 0.25) is 5.91 Å². The third kappa shape index (κ3) is 2.60. The van der Waals surface area contributed by atoms with Crippen LogP contribution in [-0.2, 0) is 29.0 Å². The van der Waals surface area contributed by atoms with E-state index in [4.69, 9.17) is 5.73 Å². The Hall–Kier alpha value is -1.57. The molecule has 128 valence electrons. The zero-order valence-electron chi connectivity index (χ0n) is 12.9. The van der Waals surface area contributed by atoms with Gasteiger partial charge < -0.3 is 15.6 Å². The molecule has 0 bridgehead atoms. The SMILES string of the molecule is Cl.NC1C(=O)N2C(C(=O)[O-])=C(C[n+]3ccc4c(c3)CCC4)CSC12. The minimum atomic E-state index is -1.30. The number of nitrogens with two attached hydrogens (primary N) is 1. The van der Waals surface area contributed by atoms with Gasteiger partial charge in [-0.25, -0.2) is 4.57 Å². The summed E-state index contributed by atoms with van der Waals surface area (Å²) in [5.41, 5.74) is 9.15. The number of pyridine rings is 1. The van der Waals surface area contributed by atoms with Crippen LogP contribution in [0.2, 0.25) is 0 Å². The van der Waals surface area contributed by atoms with Crippen molar-refractivity contribution in [3.63, 3.8) is 0 Å². The molecule has 2 N–H and O–H groups in total. The molecular formula is C16H18ClN3O3S. The van der Waals surface area contributed by atoms with Gasteiger partial charge in [-0.05, 0) is 24.8 Å². The van der Waals surface area contributed by atoms with Gasteiger partial charge in [-0.1, -0.05) is 0 Å². The van der Waals surface area contributed by atoms with Crippen LogP contribution in [0.3, 0.4) is 0 Å². The van der Waals surface area contributed by atoms with Gasteiger partial charge in [-0.3, -0.25) is 9.69 Å². The van der Waals surface area contributed by atoms with Gasteiger partial charge in [0.15, 0.2) is 18.9 Å². The molecule has 2 aliphatic heterocycles. The predicted octanol–water partition coefficient (Wildman–Crippen LogP) is -0.869. The lowest BCUT2D eigenvalue weighted by Gasteiger charge is -2.49. The predicted molar refractivity (Wildman–Crippen MR) is 89.0 cm³/mol. The molecular weight excluding hydrogens is 350 g/mol. The number of β-lactam (4-membered cyclic amide) rings is 1. The summed E-state index contributed by atoms with van der Waals surface area (Å²) in [6, 6.07) is 1.49. The standard InChI is InChI=1S/C16H17N3O3S.ClH/c17-12-14(20)19-13(16(21)22)11(8-23-15(12)19)7-18-5-4-9-2-1-3-10(9)6-18;/h4-6,12,15H,1-3,7-8,17H2;1H. The summed E-state index contributed by atoms with van der Waals surface area (Å²) < 4.78 is 1.99. The molecule has 1 amide bonds. The van der Waals surface area contributed by atoms with Crippen LogP contribution in [0.4, 0.5) is 0 Å². The smallest absolute Gasteiger partial charge is 0.248 e. The number of halogens is 1. The van der Waals surface area contributed by atoms with E-state index in [1.165, 1.54) is 34.2 Å². The minimum absolute atomic E-state index is 0. The molecule has 3 heterocycles. The number of aliphatic carboxylic acids is 1. The second-order valence-corrected chi connectivity index (χ2v) is 7.30. The zero-order chi connectivity index (χ0) is 16.1. The van der Waals surface area contributed by atoms with E-state index in [1.807, 2.05) is 10.8 Å². The molecule has 2 atom stereocenters. The van der Waals surface area contributed by atoms with Crippen LogP contribution in [0, 0.1) is 0 Å². The number of hydrogen-bond donors (Lipinski definition) is 1. The monoisotopic (exact) mass is 367 g/mol. The van der Waals surface area contributed by atoms with Crippen LogP contribution < -0.4 is 15.4 Å². The number of amides is 1. The summed E-state index contributed by atoms with van der Waals surface area (Å²) in [4.78, 5) is 24.8. The van der Waals surface area contributed by atoms with Crippen LogP contribution in [0.25, 0.3) is 0 Å². The van der Waals surface area contributed by atoms with Crippen molar-refractivity contribution in [2.24, 2.45) is 5.73 Å². The number of rotatable bonds is 3. The zero-order valence-corrected chi connectivity index (χ0v) is 14.6. The Morgan fingerprint density at radius 2 is 2.17 bits per heavy atom. The van der Waals surface area contributed by atoms with E-state index in [9.17, 15) is 14.7 Å². The summed E-state index contributed by atoms with van der Waals surface area (Å²) in [6.07, 6.45) is 7.41. The molecule has 1 aromatic rings. The number of aryl methyl sites for hydroxylation is 2. The lowest BCUT2D eigenvalue weighted by molar-refractivity contribution is -0.689. The van der Waals surface area contributed by atoms with Gasteiger partial charge >= 0.3 is 0 Å². The van der Waals surface area contributed by atoms with Crippen molar-refractivity contribution in [1.29, 1.82) is 0 Å². The minimum Gasteiger partial charge on any atom is -0.543 e. The van der Waals surface area contributed by atoms with Gasteiger partial charge in [-0.2, -0.15) is 0 Å². The van der Waals surface area contributed by atoms with Gasteiger partial charge in [0.1, 0.15) is 11.4 Å². The summed E-state index contributed by atoms with van der Waals surface area (Å²) in [5, 5.41) is 11.3. The molecule has 2 unspecified atom stereocenters. The normalized spacial score (nSPS) is 24.9. The van der Waals surface area contributed by atoms with Gasteiger partial charge in [-0.15, -0.1) is 24.2 Å². The maximum Gasteiger partial charge on any atom is 0.248 e. The van der Waals surface area contributed by atoms with Gasteiger partial charge in [0.25, 0.3) is 0 Å². The van der Waals surface area contributed by atoms with Crippen molar-refractivity contribution in [3.05, 3.63) is 40.9 Å². The highest BCUT2D eigenvalue weighted by atomic mass is 35.5. The molecule has 1 aromatic heterocycles. The third-order valence-electron chi connectivity index (χ3n) is 4.75. The van der Waals surface area contributed by atoms with Crippen LogP contribution >= 0.6 is 24.2 Å². The number of fused-ring (bicyclic) bond motifs is 2. The first-order chi connectivity index (χ1) is 11.1. The maximum atomic E-state index is 11.9. The molecule has 0 aromatic carbocycles. The Morgan fingerprint density at radius 1 is 1.42 bits per heavy atom. The van der Waals surface area contributed by atoms with Gasteiger partial charge in [0, 0.05) is 23.0 Å². The Labute approximate surface area is 150 Å². The van der Waals surface area contributed by atoms with Gasteiger partial charge in [0.05, 0.1) is 11.7 Å². The molecule has 0 saturated carbocycles. The summed E-state index contributed by atoms with van der Waals surface area (Å²) >= 11 is 1.52. The van der Waals surface area contributed by atoms with Crippen LogP contribution in [-0.4, -0.2) is 33.9 Å². The van der Waals surface area contributed by atoms with E-state index in [0.717, 1.165) is 12.8 Å². The number of thioether (sulfide) groups is 1. The second kappa shape index (κ2) is 6.38. The summed E-state index contributed by atoms with van der Waals surface area (Å²) in [6.45, 7) is 0.454. The molecule has 1 fully saturated rings. The fourth-order valence-corrected chi connectivity index (χ4v) is 4.85. The van der Waals surface area contributed by atoms with Crippen molar-refractivity contribution in [2.45, 2.75) is 37.2 Å². The molecule has 1 aliphatic carbocycles. The lowest BCUT2D eigenvalue weighted by Crippen LogP contribution is -2.69. The highest BCUT2D eigenvalue weighted by molar-refractivity contribution is 8.00. The van der Waals surface area contributed by atoms with Crippen molar-refractivity contribution in [2.75, 3.05) is 5.75 Å². The first kappa shape index (κ1) is 17.3. The molecule has 24 heavy (non-hydrogen) atoms. The number of carboxylic acids is 1. The highest BCUT2D eigenvalue weighted by Crippen LogP contribution is 2.39. The molecule has 4 rings (SSSR count). The number of carbonyl (C=O) groups is 2.